The molecule has 3 nitrogen and oxygen atoms in total. The summed E-state index contributed by atoms with van der Waals surface area (Å²) < 4.78 is 5.46. The highest BCUT2D eigenvalue weighted by atomic mass is 16.6. The lowest BCUT2D eigenvalue weighted by Crippen LogP contribution is -2.32. The molecule has 26 heavy (non-hydrogen) atoms. The topological polar surface area (TPSA) is 29.5 Å². The van der Waals surface area contributed by atoms with Crippen molar-refractivity contribution in [3.63, 3.8) is 0 Å². The molecule has 0 heterocycles. The third kappa shape index (κ3) is 16.6. The second-order valence-corrected chi connectivity index (χ2v) is 7.65. The predicted octanol–water partition coefficient (Wildman–Crippen LogP) is 6.86. The first kappa shape index (κ1) is 25.2. The Hall–Kier alpha value is -0.830. The molecule has 0 saturated carbocycles. The number of carbonyl (C=O) groups excluding carboxylic acids is 1. The van der Waals surface area contributed by atoms with Crippen molar-refractivity contribution in [1.82, 2.24) is 4.90 Å². The normalized spacial score (nSPS) is 12.8. The van der Waals surface area contributed by atoms with Crippen molar-refractivity contribution >= 4 is 5.97 Å². The summed E-state index contributed by atoms with van der Waals surface area (Å²) in [6.45, 7) is 4.30. The number of allylic oxidation sites excluding steroid dienone is 2. The van der Waals surface area contributed by atoms with Gasteiger partial charge in [-0.15, -0.1) is 0 Å². The van der Waals surface area contributed by atoms with Gasteiger partial charge >= 0.3 is 5.97 Å². The van der Waals surface area contributed by atoms with Gasteiger partial charge in [0.05, 0.1) is 0 Å². The van der Waals surface area contributed by atoms with Crippen molar-refractivity contribution in [2.75, 3.05) is 14.1 Å². The minimum Gasteiger partial charge on any atom is -0.446 e. The smallest absolute Gasteiger partial charge is 0.307 e. The third-order valence-corrected chi connectivity index (χ3v) is 4.84. The number of esters is 1. The molecular formula is C23H45NO2. The first-order valence-corrected chi connectivity index (χ1v) is 11.1. The van der Waals surface area contributed by atoms with Crippen LogP contribution in [0, 0.1) is 0 Å². The highest BCUT2D eigenvalue weighted by Crippen LogP contribution is 2.12. The molecule has 154 valence electrons. The van der Waals surface area contributed by atoms with Crippen LogP contribution < -0.4 is 0 Å². The van der Waals surface area contributed by atoms with Gasteiger partial charge in [0.25, 0.3) is 0 Å². The largest absolute Gasteiger partial charge is 0.446 e. The molecule has 0 radical (unpaired) electrons. The standard InChI is InChI=1S/C23H45NO2/c1-5-7-8-9-10-11-12-13-14-15-16-17-18-19-20-21-23(25)26-22(6-2)24(3)4/h10-11,22H,5-9,12-21H2,1-4H3/b11-10-. The van der Waals surface area contributed by atoms with E-state index in [1.165, 1.54) is 70.6 Å². The summed E-state index contributed by atoms with van der Waals surface area (Å²) in [4.78, 5) is 13.8. The molecule has 3 heteroatoms. The van der Waals surface area contributed by atoms with Crippen LogP contribution in [0.4, 0.5) is 0 Å². The van der Waals surface area contributed by atoms with E-state index < -0.39 is 0 Å². The van der Waals surface area contributed by atoms with Gasteiger partial charge in [0.1, 0.15) is 0 Å². The fourth-order valence-corrected chi connectivity index (χ4v) is 3.10. The van der Waals surface area contributed by atoms with Gasteiger partial charge < -0.3 is 4.74 Å². The Kier molecular flexibility index (Phi) is 18.3. The van der Waals surface area contributed by atoms with Crippen LogP contribution in [-0.2, 0) is 9.53 Å². The van der Waals surface area contributed by atoms with E-state index in [0.717, 1.165) is 19.3 Å². The summed E-state index contributed by atoms with van der Waals surface area (Å²) in [5.74, 6) is -0.0479. The Morgan fingerprint density at radius 2 is 1.31 bits per heavy atom. The van der Waals surface area contributed by atoms with E-state index in [1.54, 1.807) is 0 Å². The molecule has 0 saturated heterocycles. The van der Waals surface area contributed by atoms with Crippen LogP contribution >= 0.6 is 0 Å². The van der Waals surface area contributed by atoms with Gasteiger partial charge in [-0.2, -0.15) is 0 Å². The van der Waals surface area contributed by atoms with E-state index in [0.29, 0.717) is 6.42 Å². The lowest BCUT2D eigenvalue weighted by molar-refractivity contribution is -0.157. The molecule has 0 aromatic rings. The molecule has 0 aliphatic heterocycles. The summed E-state index contributed by atoms with van der Waals surface area (Å²) >= 11 is 0. The summed E-state index contributed by atoms with van der Waals surface area (Å²) in [6, 6.07) is 0. The number of hydrogen-bond acceptors (Lipinski definition) is 3. The van der Waals surface area contributed by atoms with E-state index in [1.807, 2.05) is 25.9 Å². The summed E-state index contributed by atoms with van der Waals surface area (Å²) in [5, 5.41) is 0. The van der Waals surface area contributed by atoms with Gasteiger partial charge in [-0.1, -0.05) is 77.4 Å². The molecule has 0 aliphatic carbocycles. The van der Waals surface area contributed by atoms with Crippen LogP contribution in [0.1, 0.15) is 110 Å². The molecule has 0 bridgehead atoms. The van der Waals surface area contributed by atoms with Crippen LogP contribution in [-0.4, -0.2) is 31.2 Å². The lowest BCUT2D eigenvalue weighted by Gasteiger charge is -2.22. The van der Waals surface area contributed by atoms with Gasteiger partial charge in [0.2, 0.25) is 0 Å². The molecule has 1 unspecified atom stereocenters. The van der Waals surface area contributed by atoms with Crippen molar-refractivity contribution in [3.05, 3.63) is 12.2 Å². The van der Waals surface area contributed by atoms with Crippen LogP contribution in [0.5, 0.6) is 0 Å². The van der Waals surface area contributed by atoms with Crippen LogP contribution in [0.3, 0.4) is 0 Å². The molecule has 1 atom stereocenters. The number of ether oxygens (including phenoxy) is 1. The first-order valence-electron chi connectivity index (χ1n) is 11.1. The maximum Gasteiger partial charge on any atom is 0.307 e. The maximum absolute atomic E-state index is 11.8. The molecular weight excluding hydrogens is 322 g/mol. The summed E-state index contributed by atoms with van der Waals surface area (Å²) in [7, 11) is 3.90. The second-order valence-electron chi connectivity index (χ2n) is 7.65. The van der Waals surface area contributed by atoms with E-state index in [4.69, 9.17) is 4.74 Å². The molecule has 0 spiro atoms. The third-order valence-electron chi connectivity index (χ3n) is 4.84. The number of rotatable bonds is 18. The van der Waals surface area contributed by atoms with E-state index in [-0.39, 0.29) is 12.2 Å². The SMILES string of the molecule is CCCCC/C=C\CCCCCCCCCCC(=O)OC(CC)N(C)C. The Labute approximate surface area is 163 Å². The zero-order valence-corrected chi connectivity index (χ0v) is 18.1. The molecule has 0 N–H and O–H groups in total. The average Bonchev–Trinajstić information content (AvgIpc) is 2.62. The molecule has 0 aliphatic rings. The van der Waals surface area contributed by atoms with Crippen LogP contribution in [0.15, 0.2) is 12.2 Å². The van der Waals surface area contributed by atoms with Gasteiger partial charge in [-0.3, -0.25) is 9.69 Å². The highest BCUT2D eigenvalue weighted by Gasteiger charge is 2.13. The highest BCUT2D eigenvalue weighted by molar-refractivity contribution is 5.69. The minimum absolute atomic E-state index is 0.0479. The van der Waals surface area contributed by atoms with Crippen molar-refractivity contribution in [2.24, 2.45) is 0 Å². The van der Waals surface area contributed by atoms with Crippen molar-refractivity contribution in [2.45, 2.75) is 116 Å². The van der Waals surface area contributed by atoms with Crippen LogP contribution in [0.25, 0.3) is 0 Å². The van der Waals surface area contributed by atoms with Crippen molar-refractivity contribution in [3.8, 4) is 0 Å². The molecule has 0 fully saturated rings. The van der Waals surface area contributed by atoms with Gasteiger partial charge in [0, 0.05) is 6.42 Å². The number of carbonyl (C=O) groups is 1. The van der Waals surface area contributed by atoms with Crippen molar-refractivity contribution in [1.29, 1.82) is 0 Å². The molecule has 0 aromatic carbocycles. The van der Waals surface area contributed by atoms with E-state index >= 15 is 0 Å². The zero-order valence-electron chi connectivity index (χ0n) is 18.1. The fourth-order valence-electron chi connectivity index (χ4n) is 3.10. The number of unbranched alkanes of at least 4 members (excludes halogenated alkanes) is 11. The zero-order chi connectivity index (χ0) is 19.5. The number of nitrogens with zero attached hydrogens (tertiary/aromatic N) is 1. The Bertz CT molecular complexity index is 339. The quantitative estimate of drug-likeness (QED) is 0.115. The lowest BCUT2D eigenvalue weighted by atomic mass is 10.1. The van der Waals surface area contributed by atoms with Crippen LogP contribution in [0.2, 0.25) is 0 Å². The molecule has 0 rings (SSSR count). The molecule has 0 aromatic heterocycles. The Morgan fingerprint density at radius 1 is 0.808 bits per heavy atom. The molecule has 0 amide bonds. The second kappa shape index (κ2) is 18.9. The average molecular weight is 368 g/mol. The predicted molar refractivity (Wildman–Crippen MR) is 113 cm³/mol. The fraction of sp³-hybridized carbons (Fsp3) is 0.870. The van der Waals surface area contributed by atoms with E-state index in [9.17, 15) is 4.79 Å². The number of hydrogen-bond donors (Lipinski definition) is 0. The summed E-state index contributed by atoms with van der Waals surface area (Å²) in [6.07, 6.45) is 22.6. The summed E-state index contributed by atoms with van der Waals surface area (Å²) in [5.41, 5.74) is 0. The van der Waals surface area contributed by atoms with Crippen molar-refractivity contribution < 1.29 is 9.53 Å². The van der Waals surface area contributed by atoms with Gasteiger partial charge in [-0.05, 0) is 52.6 Å². The van der Waals surface area contributed by atoms with Gasteiger partial charge in [-0.25, -0.2) is 0 Å². The Morgan fingerprint density at radius 3 is 1.81 bits per heavy atom. The Balaban J connectivity index is 3.32. The van der Waals surface area contributed by atoms with E-state index in [2.05, 4.69) is 19.1 Å². The monoisotopic (exact) mass is 367 g/mol. The first-order chi connectivity index (χ1) is 12.6. The minimum atomic E-state index is -0.0753. The van der Waals surface area contributed by atoms with Gasteiger partial charge in [0.15, 0.2) is 6.23 Å². The maximum atomic E-state index is 11.8.